The molecule has 0 fully saturated rings. The van der Waals surface area contributed by atoms with Crippen molar-refractivity contribution < 1.29 is 0 Å². The number of benzene rings is 2. The first-order valence-electron chi connectivity index (χ1n) is 6.33. The van der Waals surface area contributed by atoms with Gasteiger partial charge in [0, 0.05) is 15.0 Å². The minimum Gasteiger partial charge on any atom is -0.316 e. The number of halogens is 2. The Morgan fingerprint density at radius 1 is 0.895 bits per heavy atom. The van der Waals surface area contributed by atoms with E-state index in [-0.39, 0.29) is 0 Å². The average Bonchev–Trinajstić information content (AvgIpc) is 2.38. The van der Waals surface area contributed by atoms with Gasteiger partial charge in [-0.3, -0.25) is 0 Å². The standard InChI is InChI=1S/C16H17Br2N/c1-19-16(10-12-4-2-6-14(17)8-12)11-13-5-3-7-15(18)9-13/h2-9,16,19H,10-11H2,1H3. The second-order valence-corrected chi connectivity index (χ2v) is 6.49. The fourth-order valence-corrected chi connectivity index (χ4v) is 3.07. The fourth-order valence-electron chi connectivity index (χ4n) is 2.17. The Bertz CT molecular complexity index is 492. The molecule has 0 aromatic heterocycles. The van der Waals surface area contributed by atoms with E-state index in [1.54, 1.807) is 0 Å². The first-order chi connectivity index (χ1) is 9.17. The van der Waals surface area contributed by atoms with E-state index in [2.05, 4.69) is 85.7 Å². The second-order valence-electron chi connectivity index (χ2n) is 4.65. The van der Waals surface area contributed by atoms with Crippen LogP contribution < -0.4 is 5.32 Å². The monoisotopic (exact) mass is 381 g/mol. The molecule has 0 amide bonds. The topological polar surface area (TPSA) is 12.0 Å². The first-order valence-corrected chi connectivity index (χ1v) is 7.92. The van der Waals surface area contributed by atoms with Gasteiger partial charge in [0.15, 0.2) is 0 Å². The van der Waals surface area contributed by atoms with Crippen molar-refractivity contribution >= 4 is 31.9 Å². The summed E-state index contributed by atoms with van der Waals surface area (Å²) in [5.41, 5.74) is 2.70. The fraction of sp³-hybridized carbons (Fsp3) is 0.250. The zero-order valence-electron chi connectivity index (χ0n) is 10.9. The van der Waals surface area contributed by atoms with Crippen LogP contribution in [0.5, 0.6) is 0 Å². The highest BCUT2D eigenvalue weighted by Crippen LogP contribution is 2.16. The summed E-state index contributed by atoms with van der Waals surface area (Å²) in [4.78, 5) is 0. The molecule has 2 aromatic rings. The van der Waals surface area contributed by atoms with Gasteiger partial charge in [0.2, 0.25) is 0 Å². The summed E-state index contributed by atoms with van der Waals surface area (Å²) in [6, 6.07) is 17.5. The third-order valence-electron chi connectivity index (χ3n) is 3.15. The minimum absolute atomic E-state index is 0.448. The molecule has 100 valence electrons. The summed E-state index contributed by atoms with van der Waals surface area (Å²) in [6.07, 6.45) is 2.06. The zero-order valence-corrected chi connectivity index (χ0v) is 14.0. The maximum absolute atomic E-state index is 3.52. The molecule has 0 heterocycles. The molecule has 1 nitrogen and oxygen atoms in total. The van der Waals surface area contributed by atoms with Crippen LogP contribution in [0.2, 0.25) is 0 Å². The third kappa shape index (κ3) is 4.75. The van der Waals surface area contributed by atoms with Crippen molar-refractivity contribution in [1.82, 2.24) is 5.32 Å². The molecule has 0 radical (unpaired) electrons. The Morgan fingerprint density at radius 3 is 1.74 bits per heavy atom. The van der Waals surface area contributed by atoms with Crippen LogP contribution in [0.1, 0.15) is 11.1 Å². The maximum Gasteiger partial charge on any atom is 0.0178 e. The molecule has 0 aliphatic heterocycles. The van der Waals surface area contributed by atoms with Crippen LogP contribution in [0.25, 0.3) is 0 Å². The van der Waals surface area contributed by atoms with E-state index < -0.39 is 0 Å². The number of hydrogen-bond donors (Lipinski definition) is 1. The highest BCUT2D eigenvalue weighted by atomic mass is 79.9. The van der Waals surface area contributed by atoms with Gasteiger partial charge in [0.25, 0.3) is 0 Å². The summed E-state index contributed by atoms with van der Waals surface area (Å²) in [6.45, 7) is 0. The van der Waals surface area contributed by atoms with Crippen LogP contribution in [0.3, 0.4) is 0 Å². The van der Waals surface area contributed by atoms with Crippen molar-refractivity contribution in [3.63, 3.8) is 0 Å². The number of hydrogen-bond acceptors (Lipinski definition) is 1. The molecule has 2 rings (SSSR count). The van der Waals surface area contributed by atoms with Gasteiger partial charge in [-0.25, -0.2) is 0 Å². The molecule has 19 heavy (non-hydrogen) atoms. The lowest BCUT2D eigenvalue weighted by atomic mass is 9.99. The van der Waals surface area contributed by atoms with Gasteiger partial charge in [-0.15, -0.1) is 0 Å². The van der Waals surface area contributed by atoms with Crippen molar-refractivity contribution in [2.75, 3.05) is 7.05 Å². The predicted molar refractivity (Wildman–Crippen MR) is 88.5 cm³/mol. The predicted octanol–water partition coefficient (Wildman–Crippen LogP) is 4.58. The van der Waals surface area contributed by atoms with E-state index in [4.69, 9.17) is 0 Å². The molecule has 0 unspecified atom stereocenters. The van der Waals surface area contributed by atoms with E-state index in [1.807, 2.05) is 7.05 Å². The molecule has 2 aromatic carbocycles. The molecular weight excluding hydrogens is 366 g/mol. The van der Waals surface area contributed by atoms with Crippen LogP contribution >= 0.6 is 31.9 Å². The molecule has 0 saturated carbocycles. The quantitative estimate of drug-likeness (QED) is 0.797. The van der Waals surface area contributed by atoms with Gasteiger partial charge in [-0.2, -0.15) is 0 Å². The van der Waals surface area contributed by atoms with Gasteiger partial charge in [0.1, 0.15) is 0 Å². The normalized spacial score (nSPS) is 10.9. The summed E-state index contributed by atoms with van der Waals surface area (Å²) in [5.74, 6) is 0. The Morgan fingerprint density at radius 2 is 1.37 bits per heavy atom. The van der Waals surface area contributed by atoms with Crippen LogP contribution in [0, 0.1) is 0 Å². The van der Waals surface area contributed by atoms with Gasteiger partial charge in [-0.05, 0) is 55.3 Å². The largest absolute Gasteiger partial charge is 0.316 e. The minimum atomic E-state index is 0.448. The highest BCUT2D eigenvalue weighted by Gasteiger charge is 2.09. The molecule has 1 N–H and O–H groups in total. The van der Waals surface area contributed by atoms with Crippen molar-refractivity contribution in [3.05, 3.63) is 68.6 Å². The summed E-state index contributed by atoms with van der Waals surface area (Å²) < 4.78 is 2.28. The summed E-state index contributed by atoms with van der Waals surface area (Å²) in [5, 5.41) is 3.41. The van der Waals surface area contributed by atoms with Crippen LogP contribution in [0.15, 0.2) is 57.5 Å². The van der Waals surface area contributed by atoms with Gasteiger partial charge in [0.05, 0.1) is 0 Å². The van der Waals surface area contributed by atoms with Gasteiger partial charge >= 0.3 is 0 Å². The van der Waals surface area contributed by atoms with Crippen molar-refractivity contribution in [1.29, 1.82) is 0 Å². The van der Waals surface area contributed by atoms with E-state index >= 15 is 0 Å². The first kappa shape index (κ1) is 14.8. The lowest BCUT2D eigenvalue weighted by Gasteiger charge is -2.16. The van der Waals surface area contributed by atoms with Crippen molar-refractivity contribution in [2.24, 2.45) is 0 Å². The molecule has 0 aliphatic rings. The number of nitrogens with one attached hydrogen (secondary N) is 1. The molecule has 0 saturated heterocycles. The Balaban J connectivity index is 2.04. The average molecular weight is 383 g/mol. The second kappa shape index (κ2) is 7.22. The molecule has 0 bridgehead atoms. The molecular formula is C16H17Br2N. The van der Waals surface area contributed by atoms with Crippen LogP contribution in [0.4, 0.5) is 0 Å². The third-order valence-corrected chi connectivity index (χ3v) is 4.14. The van der Waals surface area contributed by atoms with Crippen LogP contribution in [-0.4, -0.2) is 13.1 Å². The smallest absolute Gasteiger partial charge is 0.0178 e. The van der Waals surface area contributed by atoms with E-state index in [0.29, 0.717) is 6.04 Å². The lowest BCUT2D eigenvalue weighted by molar-refractivity contribution is 0.556. The summed E-state index contributed by atoms with van der Waals surface area (Å²) >= 11 is 7.05. The number of rotatable bonds is 5. The van der Waals surface area contributed by atoms with E-state index in [0.717, 1.165) is 21.8 Å². The molecule has 0 spiro atoms. The highest BCUT2D eigenvalue weighted by molar-refractivity contribution is 9.10. The zero-order chi connectivity index (χ0) is 13.7. The Hall–Kier alpha value is -0.640. The van der Waals surface area contributed by atoms with E-state index in [1.165, 1.54) is 11.1 Å². The van der Waals surface area contributed by atoms with Crippen molar-refractivity contribution in [2.45, 2.75) is 18.9 Å². The molecule has 0 atom stereocenters. The molecule has 3 heteroatoms. The summed E-state index contributed by atoms with van der Waals surface area (Å²) in [7, 11) is 2.03. The lowest BCUT2D eigenvalue weighted by Crippen LogP contribution is -2.29. The van der Waals surface area contributed by atoms with E-state index in [9.17, 15) is 0 Å². The Kier molecular flexibility index (Phi) is 5.61. The SMILES string of the molecule is CNC(Cc1cccc(Br)c1)Cc1cccc(Br)c1. The Labute approximate surface area is 131 Å². The van der Waals surface area contributed by atoms with Gasteiger partial charge in [-0.1, -0.05) is 56.1 Å². The molecule has 0 aliphatic carbocycles. The van der Waals surface area contributed by atoms with Gasteiger partial charge < -0.3 is 5.32 Å². The van der Waals surface area contributed by atoms with Crippen LogP contribution in [-0.2, 0) is 12.8 Å². The van der Waals surface area contributed by atoms with Crippen molar-refractivity contribution in [3.8, 4) is 0 Å². The number of likely N-dealkylation sites (N-methyl/N-ethyl adjacent to an activating group) is 1. The maximum atomic E-state index is 3.52.